The Morgan fingerprint density at radius 1 is 1.21 bits per heavy atom. The number of hydrogen-bond acceptors (Lipinski definition) is 2. The van der Waals surface area contributed by atoms with Gasteiger partial charge in [-0.3, -0.25) is 0 Å². The third-order valence-corrected chi connectivity index (χ3v) is 3.88. The Labute approximate surface area is 116 Å². The van der Waals surface area contributed by atoms with E-state index >= 15 is 4.39 Å². The SMILES string of the molecule is CC(C)=CC(F)(C(=O)OC1(C)CCCC1)C(C)(C)C. The minimum Gasteiger partial charge on any atom is -0.457 e. The molecule has 0 aromatic heterocycles. The number of alkyl halides is 1. The van der Waals surface area contributed by atoms with Gasteiger partial charge >= 0.3 is 5.97 Å². The highest BCUT2D eigenvalue weighted by atomic mass is 19.1. The highest BCUT2D eigenvalue weighted by Crippen LogP contribution is 2.41. The van der Waals surface area contributed by atoms with Gasteiger partial charge < -0.3 is 4.74 Å². The molecule has 1 fully saturated rings. The summed E-state index contributed by atoms with van der Waals surface area (Å²) < 4.78 is 20.7. The minimum absolute atomic E-state index is 0.491. The number of carbonyl (C=O) groups excluding carboxylic acids is 1. The first-order valence-electron chi connectivity index (χ1n) is 7.09. The topological polar surface area (TPSA) is 26.3 Å². The lowest BCUT2D eigenvalue weighted by molar-refractivity contribution is -0.175. The second kappa shape index (κ2) is 5.26. The van der Waals surface area contributed by atoms with Crippen LogP contribution in [0.25, 0.3) is 0 Å². The molecular weight excluding hydrogens is 243 g/mol. The normalized spacial score (nSPS) is 21.6. The van der Waals surface area contributed by atoms with Gasteiger partial charge in [0.05, 0.1) is 0 Å². The molecule has 1 atom stereocenters. The van der Waals surface area contributed by atoms with E-state index < -0.39 is 22.7 Å². The second-order valence-corrected chi connectivity index (χ2v) is 7.23. The number of halogens is 1. The van der Waals surface area contributed by atoms with Crippen LogP contribution < -0.4 is 0 Å². The number of carbonyl (C=O) groups is 1. The second-order valence-electron chi connectivity index (χ2n) is 7.23. The molecule has 2 nitrogen and oxygen atoms in total. The molecule has 3 heteroatoms. The van der Waals surface area contributed by atoms with Crippen molar-refractivity contribution in [3.05, 3.63) is 11.6 Å². The average molecular weight is 270 g/mol. The molecule has 1 unspecified atom stereocenters. The van der Waals surface area contributed by atoms with Crippen LogP contribution in [0.15, 0.2) is 11.6 Å². The Kier molecular flexibility index (Phi) is 4.48. The third-order valence-electron chi connectivity index (χ3n) is 3.88. The molecule has 1 saturated carbocycles. The number of hydrogen-bond donors (Lipinski definition) is 0. The van der Waals surface area contributed by atoms with Crippen molar-refractivity contribution in [1.82, 2.24) is 0 Å². The van der Waals surface area contributed by atoms with Crippen LogP contribution >= 0.6 is 0 Å². The molecule has 1 rings (SSSR count). The summed E-state index contributed by atoms with van der Waals surface area (Å²) in [6, 6.07) is 0. The molecule has 0 bridgehead atoms. The van der Waals surface area contributed by atoms with Gasteiger partial charge in [-0.15, -0.1) is 0 Å². The fourth-order valence-corrected chi connectivity index (χ4v) is 2.50. The number of ether oxygens (including phenoxy) is 1. The average Bonchev–Trinajstić information content (AvgIpc) is 2.61. The maximum atomic E-state index is 15.2. The van der Waals surface area contributed by atoms with Crippen molar-refractivity contribution in [3.63, 3.8) is 0 Å². The van der Waals surface area contributed by atoms with Crippen LogP contribution in [0.1, 0.15) is 67.2 Å². The molecule has 0 amide bonds. The van der Waals surface area contributed by atoms with Crippen molar-refractivity contribution in [2.45, 2.75) is 78.5 Å². The van der Waals surface area contributed by atoms with E-state index in [9.17, 15) is 4.79 Å². The van der Waals surface area contributed by atoms with Gasteiger partial charge in [-0.1, -0.05) is 26.3 Å². The molecular formula is C16H27FO2. The summed E-state index contributed by atoms with van der Waals surface area (Å²) in [6.45, 7) is 10.7. The van der Waals surface area contributed by atoms with E-state index in [0.29, 0.717) is 0 Å². The molecule has 0 saturated heterocycles. The van der Waals surface area contributed by atoms with Crippen LogP contribution in [-0.2, 0) is 9.53 Å². The fraction of sp³-hybridized carbons (Fsp3) is 0.812. The van der Waals surface area contributed by atoms with Crippen LogP contribution in [0.5, 0.6) is 0 Å². The summed E-state index contributed by atoms with van der Waals surface area (Å²) in [6.07, 6.45) is 5.14. The van der Waals surface area contributed by atoms with Crippen molar-refractivity contribution in [3.8, 4) is 0 Å². The van der Waals surface area contributed by atoms with Crippen molar-refractivity contribution in [2.75, 3.05) is 0 Å². The summed E-state index contributed by atoms with van der Waals surface area (Å²) >= 11 is 0. The standard InChI is InChI=1S/C16H27FO2/c1-12(2)11-16(17,14(3,4)5)13(18)19-15(6)9-7-8-10-15/h11H,7-10H2,1-6H3. The Morgan fingerprint density at radius 3 is 2.05 bits per heavy atom. The summed E-state index contributed by atoms with van der Waals surface area (Å²) in [7, 11) is 0. The summed E-state index contributed by atoms with van der Waals surface area (Å²) in [5, 5.41) is 0. The highest BCUT2D eigenvalue weighted by Gasteiger charge is 2.51. The summed E-state index contributed by atoms with van der Waals surface area (Å²) in [5.74, 6) is -0.745. The van der Waals surface area contributed by atoms with E-state index in [0.717, 1.165) is 31.3 Å². The van der Waals surface area contributed by atoms with Crippen LogP contribution in [-0.4, -0.2) is 17.2 Å². The van der Waals surface area contributed by atoms with E-state index in [-0.39, 0.29) is 0 Å². The van der Waals surface area contributed by atoms with Crippen LogP contribution in [0, 0.1) is 5.41 Å². The molecule has 19 heavy (non-hydrogen) atoms. The molecule has 110 valence electrons. The van der Waals surface area contributed by atoms with Gasteiger partial charge in [-0.25, -0.2) is 9.18 Å². The van der Waals surface area contributed by atoms with E-state index in [2.05, 4.69) is 0 Å². The minimum atomic E-state index is -2.07. The van der Waals surface area contributed by atoms with Crippen molar-refractivity contribution >= 4 is 5.97 Å². The zero-order valence-electron chi connectivity index (χ0n) is 13.1. The molecule has 0 N–H and O–H groups in total. The van der Waals surface area contributed by atoms with Gasteiger partial charge in [0.1, 0.15) is 5.60 Å². The Hall–Kier alpha value is -0.860. The highest BCUT2D eigenvalue weighted by molar-refractivity contribution is 5.83. The lowest BCUT2D eigenvalue weighted by atomic mass is 9.77. The smallest absolute Gasteiger partial charge is 0.349 e. The summed E-state index contributed by atoms with van der Waals surface area (Å²) in [5.41, 5.74) is -2.60. The number of esters is 1. The molecule has 0 heterocycles. The molecule has 0 aliphatic heterocycles. The lowest BCUT2D eigenvalue weighted by Gasteiger charge is -2.36. The maximum absolute atomic E-state index is 15.2. The predicted octanol–water partition coefficient (Wildman–Crippen LogP) is 4.58. The Bertz CT molecular complexity index is 369. The van der Waals surface area contributed by atoms with E-state index in [4.69, 9.17) is 4.74 Å². The van der Waals surface area contributed by atoms with Gasteiger partial charge in [0.25, 0.3) is 0 Å². The van der Waals surface area contributed by atoms with E-state index in [1.807, 2.05) is 6.92 Å². The monoisotopic (exact) mass is 270 g/mol. The van der Waals surface area contributed by atoms with E-state index in [1.165, 1.54) is 6.08 Å². The molecule has 1 aliphatic carbocycles. The van der Waals surface area contributed by atoms with Gasteiger partial charge in [0, 0.05) is 5.41 Å². The predicted molar refractivity (Wildman–Crippen MR) is 75.7 cm³/mol. The van der Waals surface area contributed by atoms with Gasteiger partial charge in [0.2, 0.25) is 5.67 Å². The Morgan fingerprint density at radius 2 is 1.68 bits per heavy atom. The van der Waals surface area contributed by atoms with Gasteiger partial charge in [-0.2, -0.15) is 0 Å². The lowest BCUT2D eigenvalue weighted by Crippen LogP contribution is -2.48. The first-order chi connectivity index (χ1) is 8.50. The van der Waals surface area contributed by atoms with Crippen molar-refractivity contribution < 1.29 is 13.9 Å². The molecule has 1 aliphatic rings. The Balaban J connectivity index is 2.99. The largest absolute Gasteiger partial charge is 0.457 e. The van der Waals surface area contributed by atoms with Crippen LogP contribution in [0.3, 0.4) is 0 Å². The zero-order valence-corrected chi connectivity index (χ0v) is 13.1. The summed E-state index contributed by atoms with van der Waals surface area (Å²) in [4.78, 5) is 12.4. The molecule has 0 aromatic carbocycles. The van der Waals surface area contributed by atoms with Crippen molar-refractivity contribution in [2.24, 2.45) is 5.41 Å². The maximum Gasteiger partial charge on any atom is 0.349 e. The fourth-order valence-electron chi connectivity index (χ4n) is 2.50. The first kappa shape index (κ1) is 16.2. The van der Waals surface area contributed by atoms with E-state index in [1.54, 1.807) is 34.6 Å². The van der Waals surface area contributed by atoms with Crippen LogP contribution in [0.4, 0.5) is 4.39 Å². The molecule has 0 radical (unpaired) electrons. The quantitative estimate of drug-likeness (QED) is 0.554. The molecule has 0 aromatic rings. The van der Waals surface area contributed by atoms with Crippen molar-refractivity contribution in [1.29, 1.82) is 0 Å². The number of rotatable bonds is 3. The number of allylic oxidation sites excluding steroid dienone is 1. The van der Waals surface area contributed by atoms with Crippen LogP contribution in [0.2, 0.25) is 0 Å². The molecule has 0 spiro atoms. The third kappa shape index (κ3) is 3.58. The van der Waals surface area contributed by atoms with Gasteiger partial charge in [0.15, 0.2) is 0 Å². The first-order valence-corrected chi connectivity index (χ1v) is 7.09. The zero-order chi connectivity index (χ0) is 14.9. The van der Waals surface area contributed by atoms with Gasteiger partial charge in [-0.05, 0) is 52.5 Å².